The van der Waals surface area contributed by atoms with Crippen LogP contribution in [0.2, 0.25) is 5.02 Å². The molecule has 6 nitrogen and oxygen atoms in total. The smallest absolute Gasteiger partial charge is 0.278 e. The van der Waals surface area contributed by atoms with Crippen molar-refractivity contribution in [2.45, 2.75) is 6.92 Å². The van der Waals surface area contributed by atoms with Crippen LogP contribution < -0.4 is 5.32 Å². The number of amides is 1. The number of nitrogens with zero attached hydrogens (tertiary/aromatic N) is 4. The van der Waals surface area contributed by atoms with Crippen molar-refractivity contribution in [2.24, 2.45) is 0 Å². The molecular formula is C19H14ClN5O. The lowest BCUT2D eigenvalue weighted by molar-refractivity contribution is 0.102. The number of halogens is 1. The second kappa shape index (κ2) is 6.57. The van der Waals surface area contributed by atoms with Crippen molar-refractivity contribution >= 4 is 28.8 Å². The molecular weight excluding hydrogens is 350 g/mol. The molecule has 0 saturated carbocycles. The second-order valence-corrected chi connectivity index (χ2v) is 6.13. The van der Waals surface area contributed by atoms with Gasteiger partial charge in [0.25, 0.3) is 5.91 Å². The topological polar surface area (TPSA) is 72.2 Å². The first kappa shape index (κ1) is 16.2. The lowest BCUT2D eigenvalue weighted by Gasteiger charge is -2.09. The quantitative estimate of drug-likeness (QED) is 0.597. The molecule has 4 aromatic rings. The molecule has 2 aromatic carbocycles. The van der Waals surface area contributed by atoms with Gasteiger partial charge in [-0.3, -0.25) is 4.79 Å². The van der Waals surface area contributed by atoms with Gasteiger partial charge in [0.1, 0.15) is 0 Å². The first-order valence-electron chi connectivity index (χ1n) is 7.97. The summed E-state index contributed by atoms with van der Waals surface area (Å²) in [7, 11) is 0. The van der Waals surface area contributed by atoms with Crippen LogP contribution >= 0.6 is 11.6 Å². The fourth-order valence-corrected chi connectivity index (χ4v) is 2.91. The zero-order valence-corrected chi connectivity index (χ0v) is 14.6. The predicted molar refractivity (Wildman–Crippen MR) is 100 cm³/mol. The number of carbonyl (C=O) groups excluding carboxylic acids is 1. The predicted octanol–water partition coefficient (Wildman–Crippen LogP) is 4.01. The van der Waals surface area contributed by atoms with Crippen molar-refractivity contribution in [2.75, 3.05) is 5.32 Å². The number of hydrogen-bond donors (Lipinski definition) is 1. The van der Waals surface area contributed by atoms with Gasteiger partial charge in [-0.15, -0.1) is 10.2 Å². The Bertz CT molecular complexity index is 1110. The zero-order valence-electron chi connectivity index (χ0n) is 13.8. The fourth-order valence-electron chi connectivity index (χ4n) is 2.73. The number of hydrogen-bond acceptors (Lipinski definition) is 4. The van der Waals surface area contributed by atoms with E-state index >= 15 is 0 Å². The number of para-hydroxylation sites is 1. The number of nitrogens with one attached hydrogen (secondary N) is 1. The number of rotatable bonds is 3. The Labute approximate surface area is 154 Å². The van der Waals surface area contributed by atoms with Crippen LogP contribution in [0.3, 0.4) is 0 Å². The Morgan fingerprint density at radius 1 is 1.04 bits per heavy atom. The molecule has 26 heavy (non-hydrogen) atoms. The number of carbonyl (C=O) groups is 1. The van der Waals surface area contributed by atoms with Crippen LogP contribution in [0.25, 0.3) is 16.8 Å². The van der Waals surface area contributed by atoms with Gasteiger partial charge in [0.05, 0.1) is 22.6 Å². The van der Waals surface area contributed by atoms with Gasteiger partial charge in [0.2, 0.25) is 0 Å². The molecule has 0 radical (unpaired) electrons. The van der Waals surface area contributed by atoms with Crippen molar-refractivity contribution in [3.63, 3.8) is 0 Å². The lowest BCUT2D eigenvalue weighted by Crippen LogP contribution is -2.18. The van der Waals surface area contributed by atoms with Crippen LogP contribution in [-0.4, -0.2) is 25.7 Å². The number of benzene rings is 2. The summed E-state index contributed by atoms with van der Waals surface area (Å²) in [5.41, 5.74) is 3.76. The van der Waals surface area contributed by atoms with Gasteiger partial charge < -0.3 is 5.32 Å². The summed E-state index contributed by atoms with van der Waals surface area (Å²) >= 11 is 6.09. The molecule has 0 fully saturated rings. The van der Waals surface area contributed by atoms with E-state index in [-0.39, 0.29) is 11.6 Å². The van der Waals surface area contributed by atoms with E-state index in [1.165, 1.54) is 0 Å². The van der Waals surface area contributed by atoms with Crippen LogP contribution in [0.1, 0.15) is 16.2 Å². The van der Waals surface area contributed by atoms with Gasteiger partial charge in [0.15, 0.2) is 11.3 Å². The molecule has 0 aliphatic rings. The highest BCUT2D eigenvalue weighted by Crippen LogP contribution is 2.24. The molecule has 0 atom stereocenters. The Hall–Kier alpha value is -3.25. The molecule has 0 bridgehead atoms. The SMILES string of the molecule is Cc1c(C(=O)Nc2ccccc2Cl)nnc2c(-c3ccccc3)cnn12. The van der Waals surface area contributed by atoms with Crippen molar-refractivity contribution in [3.8, 4) is 11.1 Å². The van der Waals surface area contributed by atoms with Crippen molar-refractivity contribution < 1.29 is 4.79 Å². The number of aryl methyl sites for hydroxylation is 1. The van der Waals surface area contributed by atoms with Crippen LogP contribution in [0.5, 0.6) is 0 Å². The lowest BCUT2D eigenvalue weighted by atomic mass is 10.1. The molecule has 7 heteroatoms. The maximum absolute atomic E-state index is 12.6. The maximum atomic E-state index is 12.6. The van der Waals surface area contributed by atoms with E-state index in [0.29, 0.717) is 22.1 Å². The van der Waals surface area contributed by atoms with Gasteiger partial charge in [-0.25, -0.2) is 4.52 Å². The minimum atomic E-state index is -0.387. The highest BCUT2D eigenvalue weighted by Gasteiger charge is 2.18. The molecule has 2 aromatic heterocycles. The highest BCUT2D eigenvalue weighted by atomic mass is 35.5. The number of aromatic nitrogens is 4. The summed E-state index contributed by atoms with van der Waals surface area (Å²) in [5.74, 6) is -0.387. The molecule has 0 aliphatic heterocycles. The molecule has 0 saturated heterocycles. The van der Waals surface area contributed by atoms with E-state index in [0.717, 1.165) is 11.1 Å². The summed E-state index contributed by atoms with van der Waals surface area (Å²) in [6.07, 6.45) is 1.72. The normalized spacial score (nSPS) is 10.8. The molecule has 1 amide bonds. The van der Waals surface area contributed by atoms with E-state index in [1.807, 2.05) is 30.3 Å². The summed E-state index contributed by atoms with van der Waals surface area (Å²) < 4.78 is 1.62. The minimum Gasteiger partial charge on any atom is -0.319 e. The van der Waals surface area contributed by atoms with Crippen LogP contribution in [0.15, 0.2) is 60.8 Å². The zero-order chi connectivity index (χ0) is 18.1. The molecule has 4 rings (SSSR count). The second-order valence-electron chi connectivity index (χ2n) is 5.73. The summed E-state index contributed by atoms with van der Waals surface area (Å²) in [6, 6.07) is 16.8. The minimum absolute atomic E-state index is 0.195. The Kier molecular flexibility index (Phi) is 4.10. The molecule has 2 heterocycles. The van der Waals surface area contributed by atoms with Gasteiger partial charge in [-0.05, 0) is 24.6 Å². The fraction of sp³-hybridized carbons (Fsp3) is 0.0526. The maximum Gasteiger partial charge on any atom is 0.278 e. The average Bonchev–Trinajstić information content (AvgIpc) is 3.09. The highest BCUT2D eigenvalue weighted by molar-refractivity contribution is 6.33. The Morgan fingerprint density at radius 2 is 1.77 bits per heavy atom. The Morgan fingerprint density at radius 3 is 2.54 bits per heavy atom. The summed E-state index contributed by atoms with van der Waals surface area (Å²) in [4.78, 5) is 12.6. The van der Waals surface area contributed by atoms with E-state index in [2.05, 4.69) is 20.6 Å². The average molecular weight is 364 g/mol. The monoisotopic (exact) mass is 363 g/mol. The van der Waals surface area contributed by atoms with Crippen LogP contribution in [0.4, 0.5) is 5.69 Å². The molecule has 0 aliphatic carbocycles. The third kappa shape index (κ3) is 2.80. The van der Waals surface area contributed by atoms with E-state index in [1.54, 1.807) is 41.9 Å². The Balaban J connectivity index is 1.73. The van der Waals surface area contributed by atoms with Gasteiger partial charge >= 0.3 is 0 Å². The molecule has 128 valence electrons. The van der Waals surface area contributed by atoms with Crippen LogP contribution in [0, 0.1) is 6.92 Å². The first-order valence-corrected chi connectivity index (χ1v) is 8.35. The molecule has 1 N–H and O–H groups in total. The van der Waals surface area contributed by atoms with E-state index in [4.69, 9.17) is 11.6 Å². The van der Waals surface area contributed by atoms with Gasteiger partial charge in [-0.1, -0.05) is 54.1 Å². The first-order chi connectivity index (χ1) is 12.6. The molecule has 0 unspecified atom stereocenters. The standard InChI is InChI=1S/C19H14ClN5O/c1-12-17(19(26)22-16-10-6-5-9-15(16)20)23-24-18-14(11-21-25(12)18)13-7-3-2-4-8-13/h2-11H,1H3,(H,22,26). The van der Waals surface area contributed by atoms with Crippen LogP contribution in [-0.2, 0) is 0 Å². The third-order valence-corrected chi connectivity index (χ3v) is 4.40. The van der Waals surface area contributed by atoms with Gasteiger partial charge in [0, 0.05) is 5.56 Å². The summed E-state index contributed by atoms with van der Waals surface area (Å²) in [6.45, 7) is 1.78. The number of fused-ring (bicyclic) bond motifs is 1. The molecule has 0 spiro atoms. The van der Waals surface area contributed by atoms with Gasteiger partial charge in [-0.2, -0.15) is 5.10 Å². The number of anilines is 1. The van der Waals surface area contributed by atoms with E-state index < -0.39 is 0 Å². The third-order valence-electron chi connectivity index (χ3n) is 4.07. The largest absolute Gasteiger partial charge is 0.319 e. The van der Waals surface area contributed by atoms with E-state index in [9.17, 15) is 4.79 Å². The van der Waals surface area contributed by atoms with Crippen molar-refractivity contribution in [3.05, 3.63) is 77.2 Å². The van der Waals surface area contributed by atoms with Crippen molar-refractivity contribution in [1.82, 2.24) is 19.8 Å². The van der Waals surface area contributed by atoms with Crippen molar-refractivity contribution in [1.29, 1.82) is 0 Å². The summed E-state index contributed by atoms with van der Waals surface area (Å²) in [5, 5.41) is 15.9.